The molecule has 1 nitrogen and oxygen atoms in total. The molecule has 0 aliphatic heterocycles. The molecule has 120 valence electrons. The number of benzene rings is 3. The zero-order valence-electron chi connectivity index (χ0n) is 13.5. The van der Waals surface area contributed by atoms with Gasteiger partial charge in [-0.05, 0) is 71.3 Å². The second-order valence-electron chi connectivity index (χ2n) is 6.54. The lowest BCUT2D eigenvalue weighted by atomic mass is 9.83. The van der Waals surface area contributed by atoms with E-state index in [2.05, 4.69) is 48.5 Å². The van der Waals surface area contributed by atoms with Crippen molar-refractivity contribution in [1.29, 1.82) is 0 Å². The van der Waals surface area contributed by atoms with E-state index >= 15 is 0 Å². The molecule has 0 unspecified atom stereocenters. The molecule has 1 atom stereocenters. The maximum Gasteiger partial charge on any atom is 0.0408 e. The van der Waals surface area contributed by atoms with Gasteiger partial charge in [0.05, 0.1) is 0 Å². The minimum absolute atomic E-state index is 0.345. The summed E-state index contributed by atoms with van der Waals surface area (Å²) in [6, 6.07) is 23.4. The van der Waals surface area contributed by atoms with E-state index in [-0.39, 0.29) is 0 Å². The molecule has 4 rings (SSSR count). The van der Waals surface area contributed by atoms with Gasteiger partial charge in [0.25, 0.3) is 0 Å². The van der Waals surface area contributed by atoms with Crippen molar-refractivity contribution in [2.75, 3.05) is 5.73 Å². The highest BCUT2D eigenvalue weighted by molar-refractivity contribution is 6.30. The summed E-state index contributed by atoms with van der Waals surface area (Å²) in [6.07, 6.45) is 3.06. The number of hydrogen-bond acceptors (Lipinski definition) is 1. The highest BCUT2D eigenvalue weighted by Gasteiger charge is 2.23. The number of nitrogens with two attached hydrogens (primary N) is 1. The number of halogens is 1. The molecule has 0 saturated heterocycles. The molecule has 0 bridgehead atoms. The fraction of sp³-hybridized carbons (Fsp3) is 0.182. The Labute approximate surface area is 148 Å². The van der Waals surface area contributed by atoms with Crippen LogP contribution in [0.3, 0.4) is 0 Å². The molecule has 1 aliphatic carbocycles. The van der Waals surface area contributed by atoms with Gasteiger partial charge in [-0.3, -0.25) is 0 Å². The zero-order chi connectivity index (χ0) is 16.5. The Morgan fingerprint density at radius 2 is 1.62 bits per heavy atom. The topological polar surface area (TPSA) is 26.0 Å². The molecular weight excluding hydrogens is 314 g/mol. The first-order chi connectivity index (χ1) is 11.7. The molecule has 0 spiro atoms. The van der Waals surface area contributed by atoms with E-state index in [0.717, 1.165) is 30.0 Å². The summed E-state index contributed by atoms with van der Waals surface area (Å²) in [5.74, 6) is 0.345. The molecule has 3 aromatic rings. The van der Waals surface area contributed by atoms with Crippen LogP contribution in [0.1, 0.15) is 33.7 Å². The molecular formula is C22H20ClN. The van der Waals surface area contributed by atoms with Crippen LogP contribution < -0.4 is 5.73 Å². The monoisotopic (exact) mass is 333 g/mol. The summed E-state index contributed by atoms with van der Waals surface area (Å²) >= 11 is 6.25. The van der Waals surface area contributed by atoms with Crippen molar-refractivity contribution in [3.63, 3.8) is 0 Å². The maximum atomic E-state index is 6.25. The molecule has 2 N–H and O–H groups in total. The summed E-state index contributed by atoms with van der Waals surface area (Å²) in [5.41, 5.74) is 13.7. The average Bonchev–Trinajstić information content (AvgIpc) is 2.73. The molecule has 1 aliphatic rings. The van der Waals surface area contributed by atoms with Gasteiger partial charge in [0.1, 0.15) is 0 Å². The van der Waals surface area contributed by atoms with Crippen molar-refractivity contribution in [3.05, 3.63) is 99.6 Å². The molecule has 2 heteroatoms. The smallest absolute Gasteiger partial charge is 0.0408 e. The second-order valence-corrected chi connectivity index (χ2v) is 6.98. The molecule has 0 aromatic heterocycles. The fourth-order valence-corrected chi connectivity index (χ4v) is 4.04. The van der Waals surface area contributed by atoms with Crippen LogP contribution in [0.2, 0.25) is 5.02 Å². The van der Waals surface area contributed by atoms with Gasteiger partial charge in [0, 0.05) is 16.6 Å². The van der Waals surface area contributed by atoms with Gasteiger partial charge in [-0.25, -0.2) is 0 Å². The van der Waals surface area contributed by atoms with E-state index < -0.39 is 0 Å². The van der Waals surface area contributed by atoms with Gasteiger partial charge < -0.3 is 5.73 Å². The molecule has 0 radical (unpaired) electrons. The van der Waals surface area contributed by atoms with Crippen LogP contribution in [0.4, 0.5) is 5.69 Å². The van der Waals surface area contributed by atoms with Crippen molar-refractivity contribution in [2.45, 2.75) is 25.2 Å². The van der Waals surface area contributed by atoms with Crippen LogP contribution >= 0.6 is 11.6 Å². The molecule has 24 heavy (non-hydrogen) atoms. The first kappa shape index (κ1) is 15.3. The Hall–Kier alpha value is -2.25. The lowest BCUT2D eigenvalue weighted by molar-refractivity contribution is 0.800. The Morgan fingerprint density at radius 1 is 0.833 bits per heavy atom. The van der Waals surface area contributed by atoms with E-state index in [1.807, 2.05) is 18.2 Å². The minimum Gasteiger partial charge on any atom is -0.399 e. The van der Waals surface area contributed by atoms with Crippen LogP contribution in [0.15, 0.2) is 66.7 Å². The van der Waals surface area contributed by atoms with Crippen molar-refractivity contribution < 1.29 is 0 Å². The van der Waals surface area contributed by atoms with Crippen LogP contribution in [-0.2, 0) is 19.3 Å². The number of nitrogen functional groups attached to an aromatic ring is 1. The van der Waals surface area contributed by atoms with E-state index in [9.17, 15) is 0 Å². The van der Waals surface area contributed by atoms with Crippen LogP contribution in [0.5, 0.6) is 0 Å². The average molecular weight is 334 g/mol. The second kappa shape index (κ2) is 6.33. The normalized spacial score (nSPS) is 16.1. The highest BCUT2D eigenvalue weighted by Crippen LogP contribution is 2.37. The van der Waals surface area contributed by atoms with Crippen LogP contribution in [-0.4, -0.2) is 0 Å². The van der Waals surface area contributed by atoms with Gasteiger partial charge in [0.15, 0.2) is 0 Å². The fourth-order valence-electron chi connectivity index (χ4n) is 3.85. The van der Waals surface area contributed by atoms with Crippen molar-refractivity contribution in [1.82, 2.24) is 0 Å². The standard InChI is InChI=1S/C22H20ClN/c23-18-10-11-21-17(14-18)9-8-16-5-1-2-7-20(16)22(21)13-15-4-3-6-19(24)12-15/h1-7,10-12,14,22H,8-9,13,24H2/t22-/m1/s1. The number of aryl methyl sites for hydroxylation is 2. The Bertz CT molecular complexity index is 885. The third-order valence-electron chi connectivity index (χ3n) is 4.97. The van der Waals surface area contributed by atoms with Crippen LogP contribution in [0.25, 0.3) is 0 Å². The maximum absolute atomic E-state index is 6.25. The van der Waals surface area contributed by atoms with E-state index in [1.54, 1.807) is 0 Å². The predicted octanol–water partition coefficient (Wildman–Crippen LogP) is 5.40. The van der Waals surface area contributed by atoms with Gasteiger partial charge in [-0.1, -0.05) is 54.1 Å². The van der Waals surface area contributed by atoms with E-state index in [4.69, 9.17) is 17.3 Å². The molecule has 0 fully saturated rings. The molecule has 0 heterocycles. The quantitative estimate of drug-likeness (QED) is 0.625. The van der Waals surface area contributed by atoms with Gasteiger partial charge in [0.2, 0.25) is 0 Å². The minimum atomic E-state index is 0.345. The van der Waals surface area contributed by atoms with Crippen molar-refractivity contribution in [3.8, 4) is 0 Å². The van der Waals surface area contributed by atoms with Crippen molar-refractivity contribution >= 4 is 17.3 Å². The molecule has 0 saturated carbocycles. The Morgan fingerprint density at radius 3 is 2.50 bits per heavy atom. The van der Waals surface area contributed by atoms with Gasteiger partial charge >= 0.3 is 0 Å². The lowest BCUT2D eigenvalue weighted by Crippen LogP contribution is -2.07. The highest BCUT2D eigenvalue weighted by atomic mass is 35.5. The van der Waals surface area contributed by atoms with E-state index in [1.165, 1.54) is 27.8 Å². The Kier molecular flexibility index (Phi) is 4.03. The Balaban J connectivity index is 1.84. The van der Waals surface area contributed by atoms with Gasteiger partial charge in [-0.2, -0.15) is 0 Å². The first-order valence-electron chi connectivity index (χ1n) is 8.41. The third-order valence-corrected chi connectivity index (χ3v) is 5.20. The number of anilines is 1. The van der Waals surface area contributed by atoms with Crippen LogP contribution in [0, 0.1) is 0 Å². The van der Waals surface area contributed by atoms with E-state index in [0.29, 0.717) is 5.92 Å². The predicted molar refractivity (Wildman–Crippen MR) is 102 cm³/mol. The van der Waals surface area contributed by atoms with Gasteiger partial charge in [-0.15, -0.1) is 0 Å². The SMILES string of the molecule is Nc1cccc(C[C@@H]2c3ccccc3CCc3cc(Cl)ccc32)c1. The third kappa shape index (κ3) is 2.92. The summed E-state index contributed by atoms with van der Waals surface area (Å²) in [7, 11) is 0. The lowest BCUT2D eigenvalue weighted by Gasteiger charge is -2.21. The zero-order valence-corrected chi connectivity index (χ0v) is 14.3. The number of fused-ring (bicyclic) bond motifs is 2. The summed E-state index contributed by atoms with van der Waals surface area (Å²) in [5, 5.41) is 0.822. The number of hydrogen-bond donors (Lipinski definition) is 1. The molecule has 3 aromatic carbocycles. The summed E-state index contributed by atoms with van der Waals surface area (Å²) in [4.78, 5) is 0. The molecule has 0 amide bonds. The summed E-state index contributed by atoms with van der Waals surface area (Å²) < 4.78 is 0. The first-order valence-corrected chi connectivity index (χ1v) is 8.79. The largest absolute Gasteiger partial charge is 0.399 e. The number of rotatable bonds is 2. The summed E-state index contributed by atoms with van der Waals surface area (Å²) in [6.45, 7) is 0. The van der Waals surface area contributed by atoms with Crippen molar-refractivity contribution in [2.24, 2.45) is 0 Å².